The highest BCUT2D eigenvalue weighted by molar-refractivity contribution is 6.32. The van der Waals surface area contributed by atoms with E-state index in [0.29, 0.717) is 12.1 Å². The van der Waals surface area contributed by atoms with Crippen LogP contribution in [0.2, 0.25) is 0 Å². The van der Waals surface area contributed by atoms with E-state index in [1.54, 1.807) is 0 Å². The molecule has 3 rings (SSSR count). The molecule has 3 N–H and O–H groups in total. The summed E-state index contributed by atoms with van der Waals surface area (Å²) in [5.41, 5.74) is 6.51. The first-order valence-corrected chi connectivity index (χ1v) is 8.55. The third-order valence-corrected chi connectivity index (χ3v) is 4.61. The topological polar surface area (TPSA) is 56.4 Å². The van der Waals surface area contributed by atoms with Crippen LogP contribution in [0.5, 0.6) is 0 Å². The molecule has 0 radical (unpaired) electrons. The van der Waals surface area contributed by atoms with Crippen LogP contribution in [-0.2, 0) is 4.79 Å². The number of anilines is 1. The molecule has 0 bridgehead atoms. The van der Waals surface area contributed by atoms with Gasteiger partial charge in [0.1, 0.15) is 0 Å². The predicted molar refractivity (Wildman–Crippen MR) is 102 cm³/mol. The molecule has 2 aliphatic rings. The average Bonchev–Trinajstić information content (AvgIpc) is 3.08. The number of allylic oxidation sites excluding steroid dienone is 2. The summed E-state index contributed by atoms with van der Waals surface area (Å²) >= 11 is 0. The molecule has 1 aromatic carbocycles. The van der Waals surface area contributed by atoms with Gasteiger partial charge in [-0.3, -0.25) is 4.79 Å². The zero-order chi connectivity index (χ0) is 18.0. The van der Waals surface area contributed by atoms with Crippen molar-refractivity contribution in [1.29, 1.82) is 0 Å². The first-order valence-electron chi connectivity index (χ1n) is 8.55. The highest BCUT2D eigenvalue weighted by atomic mass is 16.2. The molecule has 0 fully saturated rings. The van der Waals surface area contributed by atoms with Crippen molar-refractivity contribution in [3.8, 4) is 11.8 Å². The fourth-order valence-corrected chi connectivity index (χ4v) is 2.97. The smallest absolute Gasteiger partial charge is 0.256 e. The van der Waals surface area contributed by atoms with Crippen molar-refractivity contribution >= 4 is 17.2 Å². The molecule has 0 aromatic heterocycles. The highest BCUT2D eigenvalue weighted by Crippen LogP contribution is 2.36. The number of fused-ring (bicyclic) bond motifs is 1. The van der Waals surface area contributed by atoms with Gasteiger partial charge in [-0.25, -0.2) is 0 Å². The highest BCUT2D eigenvalue weighted by Gasteiger charge is 2.28. The van der Waals surface area contributed by atoms with Gasteiger partial charge in [0.25, 0.3) is 5.91 Å². The van der Waals surface area contributed by atoms with Crippen LogP contribution in [0.15, 0.2) is 29.6 Å². The summed E-state index contributed by atoms with van der Waals surface area (Å²) < 4.78 is 0. The summed E-state index contributed by atoms with van der Waals surface area (Å²) in [5, 5.41) is 9.49. The first-order chi connectivity index (χ1) is 12.0. The van der Waals surface area contributed by atoms with Crippen LogP contribution in [0.25, 0.3) is 5.57 Å². The monoisotopic (exact) mass is 336 g/mol. The second-order valence-corrected chi connectivity index (χ2v) is 6.31. The van der Waals surface area contributed by atoms with Gasteiger partial charge >= 0.3 is 0 Å². The maximum absolute atomic E-state index is 12.5. The number of aryl methyl sites for hydroxylation is 1. The second-order valence-electron chi connectivity index (χ2n) is 6.31. The van der Waals surface area contributed by atoms with E-state index < -0.39 is 0 Å². The lowest BCUT2D eigenvalue weighted by Crippen LogP contribution is -2.18. The largest absolute Gasteiger partial charge is 0.366 e. The number of benzene rings is 1. The number of carbonyl (C=O) groups is 1. The first kappa shape index (κ1) is 17.1. The van der Waals surface area contributed by atoms with E-state index in [2.05, 4.69) is 39.6 Å². The van der Waals surface area contributed by atoms with Crippen molar-refractivity contribution in [1.82, 2.24) is 15.5 Å². The van der Waals surface area contributed by atoms with Crippen LogP contribution in [0, 0.1) is 18.8 Å². The lowest BCUT2D eigenvalue weighted by molar-refractivity contribution is -0.110. The minimum atomic E-state index is -0.0769. The van der Waals surface area contributed by atoms with E-state index >= 15 is 0 Å². The number of amides is 1. The molecule has 5 nitrogen and oxygen atoms in total. The van der Waals surface area contributed by atoms with Gasteiger partial charge in [0, 0.05) is 23.9 Å². The van der Waals surface area contributed by atoms with Gasteiger partial charge in [0.15, 0.2) is 0 Å². The molecule has 0 atom stereocenters. The summed E-state index contributed by atoms with van der Waals surface area (Å²) in [5.74, 6) is 6.33. The van der Waals surface area contributed by atoms with Crippen LogP contribution in [0.3, 0.4) is 0 Å². The van der Waals surface area contributed by atoms with Crippen LogP contribution >= 0.6 is 0 Å². The maximum atomic E-state index is 12.5. The van der Waals surface area contributed by atoms with Crippen molar-refractivity contribution in [2.75, 3.05) is 32.1 Å². The summed E-state index contributed by atoms with van der Waals surface area (Å²) in [4.78, 5) is 14.7. The van der Waals surface area contributed by atoms with Crippen molar-refractivity contribution in [3.05, 3.63) is 46.3 Å². The second kappa shape index (κ2) is 7.04. The van der Waals surface area contributed by atoms with E-state index in [1.165, 1.54) is 0 Å². The molecule has 5 heteroatoms. The Bertz CT molecular complexity index is 839. The Morgan fingerprint density at radius 1 is 1.36 bits per heavy atom. The van der Waals surface area contributed by atoms with E-state index in [0.717, 1.165) is 47.0 Å². The summed E-state index contributed by atoms with van der Waals surface area (Å²) in [6.45, 7) is 8.41. The average molecular weight is 336 g/mol. The number of nitrogens with zero attached hydrogens (tertiary/aromatic N) is 1. The fraction of sp³-hybridized carbons (Fsp3) is 0.350. The Hall–Kier alpha value is -2.71. The van der Waals surface area contributed by atoms with Gasteiger partial charge in [-0.05, 0) is 38.1 Å². The Kier molecular flexibility index (Phi) is 4.82. The Balaban J connectivity index is 2.07. The van der Waals surface area contributed by atoms with Crippen molar-refractivity contribution < 1.29 is 4.79 Å². The quantitative estimate of drug-likeness (QED) is 0.449. The van der Waals surface area contributed by atoms with Gasteiger partial charge in [0.2, 0.25) is 0 Å². The molecule has 0 saturated carbocycles. The van der Waals surface area contributed by atoms with Crippen LogP contribution in [0.4, 0.5) is 5.69 Å². The molecular formula is C20H24N4O. The van der Waals surface area contributed by atoms with Crippen molar-refractivity contribution in [2.24, 2.45) is 0 Å². The van der Waals surface area contributed by atoms with E-state index in [9.17, 15) is 4.79 Å². The van der Waals surface area contributed by atoms with E-state index in [4.69, 9.17) is 0 Å². The normalized spacial score (nSPS) is 17.4. The Labute approximate surface area is 149 Å². The Morgan fingerprint density at radius 3 is 2.84 bits per heavy atom. The van der Waals surface area contributed by atoms with Gasteiger partial charge in [-0.1, -0.05) is 24.8 Å². The third kappa shape index (κ3) is 3.26. The molecule has 2 aliphatic heterocycles. The molecule has 1 aromatic rings. The lowest BCUT2D eigenvalue weighted by Gasteiger charge is -2.09. The van der Waals surface area contributed by atoms with Crippen LogP contribution < -0.4 is 16.0 Å². The van der Waals surface area contributed by atoms with Crippen molar-refractivity contribution in [3.63, 3.8) is 0 Å². The summed E-state index contributed by atoms with van der Waals surface area (Å²) in [7, 11) is 2.03. The van der Waals surface area contributed by atoms with Gasteiger partial charge in [0.05, 0.1) is 30.2 Å². The summed E-state index contributed by atoms with van der Waals surface area (Å²) in [6.07, 6.45) is 1.94. The minimum absolute atomic E-state index is 0.0769. The molecule has 0 spiro atoms. The molecule has 1 amide bonds. The standard InChI is InChI=1S/C20H24N4O/c1-5-21-10-6-7-15-13(2)8-9-17-19(15)16(20(25)23-17)11-18-14(3)24(4)12-22-18/h8-9,11,21-22H,5,10,12H2,1-4H3,(H,23,25)/b16-11-. The Morgan fingerprint density at radius 2 is 2.16 bits per heavy atom. The number of carbonyl (C=O) groups excluding carboxylic acids is 1. The predicted octanol–water partition coefficient (Wildman–Crippen LogP) is 2.02. The molecule has 0 saturated heterocycles. The van der Waals surface area contributed by atoms with E-state index in [1.807, 2.05) is 39.1 Å². The zero-order valence-electron chi connectivity index (χ0n) is 15.2. The molecule has 2 heterocycles. The summed E-state index contributed by atoms with van der Waals surface area (Å²) in [6, 6.07) is 3.96. The number of rotatable bonds is 3. The van der Waals surface area contributed by atoms with Crippen LogP contribution in [0.1, 0.15) is 30.5 Å². The number of hydrogen-bond acceptors (Lipinski definition) is 4. The molecule has 0 unspecified atom stereocenters. The van der Waals surface area contributed by atoms with Gasteiger partial charge in [-0.15, -0.1) is 0 Å². The molecular weight excluding hydrogens is 312 g/mol. The lowest BCUT2D eigenvalue weighted by atomic mass is 9.96. The van der Waals surface area contributed by atoms with E-state index in [-0.39, 0.29) is 5.91 Å². The third-order valence-electron chi connectivity index (χ3n) is 4.61. The van der Waals surface area contributed by atoms with Gasteiger partial charge in [-0.2, -0.15) is 0 Å². The van der Waals surface area contributed by atoms with Crippen molar-refractivity contribution in [2.45, 2.75) is 20.8 Å². The van der Waals surface area contributed by atoms with Crippen LogP contribution in [-0.4, -0.2) is 37.6 Å². The number of hydrogen-bond donors (Lipinski definition) is 3. The molecule has 0 aliphatic carbocycles. The fourth-order valence-electron chi connectivity index (χ4n) is 2.97. The number of nitrogens with one attached hydrogen (secondary N) is 3. The molecule has 25 heavy (non-hydrogen) atoms. The zero-order valence-corrected chi connectivity index (χ0v) is 15.2. The van der Waals surface area contributed by atoms with Gasteiger partial charge < -0.3 is 20.9 Å². The minimum Gasteiger partial charge on any atom is -0.366 e. The maximum Gasteiger partial charge on any atom is 0.256 e. The SMILES string of the molecule is CCNCC#Cc1c(C)ccc2c1/C(=C/C1=C(C)N(C)CN1)C(=O)N2. The molecule has 130 valence electrons.